The molecule has 0 spiro atoms. The van der Waals surface area contributed by atoms with E-state index in [2.05, 4.69) is 5.32 Å². The number of carbonyl (C=O) groups excluding carboxylic acids is 1. The van der Waals surface area contributed by atoms with Crippen molar-refractivity contribution in [1.29, 1.82) is 0 Å². The zero-order valence-electron chi connectivity index (χ0n) is 15.6. The first-order valence-corrected chi connectivity index (χ1v) is 9.77. The molecule has 0 atom stereocenters. The maximum atomic E-state index is 13.1. The van der Waals surface area contributed by atoms with Gasteiger partial charge >= 0.3 is 0 Å². The number of rotatable bonds is 5. The van der Waals surface area contributed by atoms with Crippen LogP contribution < -0.4 is 10.1 Å². The van der Waals surface area contributed by atoms with Gasteiger partial charge in [-0.2, -0.15) is 0 Å². The maximum Gasteiger partial charge on any atom is 0.268 e. The highest BCUT2D eigenvalue weighted by atomic mass is 32.1. The Balaban J connectivity index is 1.75. The van der Waals surface area contributed by atoms with Crippen LogP contribution in [0.25, 0.3) is 21.8 Å². The Bertz CT molecular complexity index is 1160. The monoisotopic (exact) mass is 402 g/mol. The van der Waals surface area contributed by atoms with E-state index >= 15 is 0 Å². The Morgan fingerprint density at radius 2 is 1.72 bits per heavy atom. The lowest BCUT2D eigenvalue weighted by Crippen LogP contribution is -2.11. The standard InChI is InChI=1S/C23H18N2O3S/c1-28-19-12-6-10-17(14-19)24-22(27)21-20(15-7-3-2-4-8-15)25-23(29-21)16-9-5-11-18(26)13-16/h2-14,26H,1H3,(H,24,27). The van der Waals surface area contributed by atoms with E-state index in [1.165, 1.54) is 11.3 Å². The summed E-state index contributed by atoms with van der Waals surface area (Å²) in [6, 6.07) is 23.6. The first-order valence-electron chi connectivity index (χ1n) is 8.95. The number of hydrogen-bond donors (Lipinski definition) is 2. The number of phenolic OH excluding ortho intramolecular Hbond substituents is 1. The average Bonchev–Trinajstić information content (AvgIpc) is 3.20. The van der Waals surface area contributed by atoms with Crippen LogP contribution in [0.5, 0.6) is 11.5 Å². The zero-order chi connectivity index (χ0) is 20.2. The molecular weight excluding hydrogens is 384 g/mol. The van der Waals surface area contributed by atoms with Crippen molar-refractivity contribution in [2.75, 3.05) is 12.4 Å². The van der Waals surface area contributed by atoms with E-state index in [1.807, 2.05) is 48.5 Å². The Kier molecular flexibility index (Phi) is 5.27. The van der Waals surface area contributed by atoms with E-state index in [0.29, 0.717) is 27.0 Å². The third kappa shape index (κ3) is 4.12. The fourth-order valence-electron chi connectivity index (χ4n) is 2.92. The van der Waals surface area contributed by atoms with Crippen LogP contribution in [0.4, 0.5) is 5.69 Å². The summed E-state index contributed by atoms with van der Waals surface area (Å²) in [6.45, 7) is 0. The fourth-order valence-corrected chi connectivity index (χ4v) is 3.90. The van der Waals surface area contributed by atoms with Crippen LogP contribution in [0.1, 0.15) is 9.67 Å². The lowest BCUT2D eigenvalue weighted by Gasteiger charge is -2.07. The molecule has 0 saturated carbocycles. The molecule has 2 N–H and O–H groups in total. The molecular formula is C23H18N2O3S. The molecule has 29 heavy (non-hydrogen) atoms. The van der Waals surface area contributed by atoms with Gasteiger partial charge in [-0.15, -0.1) is 11.3 Å². The number of amides is 1. The SMILES string of the molecule is COc1cccc(NC(=O)c2sc(-c3cccc(O)c3)nc2-c2ccccc2)c1. The van der Waals surface area contributed by atoms with Crippen LogP contribution in [0, 0.1) is 0 Å². The van der Waals surface area contributed by atoms with E-state index in [0.717, 1.165) is 11.1 Å². The molecule has 5 nitrogen and oxygen atoms in total. The minimum absolute atomic E-state index is 0.154. The molecule has 0 fully saturated rings. The van der Waals surface area contributed by atoms with Crippen LogP contribution in [-0.4, -0.2) is 23.1 Å². The van der Waals surface area contributed by atoms with Crippen LogP contribution >= 0.6 is 11.3 Å². The summed E-state index contributed by atoms with van der Waals surface area (Å²) in [7, 11) is 1.58. The molecule has 0 aliphatic heterocycles. The molecule has 0 aliphatic carbocycles. The van der Waals surface area contributed by atoms with E-state index in [-0.39, 0.29) is 11.7 Å². The number of ether oxygens (including phenoxy) is 1. The highest BCUT2D eigenvalue weighted by molar-refractivity contribution is 7.17. The van der Waals surface area contributed by atoms with Gasteiger partial charge in [0.25, 0.3) is 5.91 Å². The topological polar surface area (TPSA) is 71.5 Å². The summed E-state index contributed by atoms with van der Waals surface area (Å²) < 4.78 is 5.22. The van der Waals surface area contributed by atoms with Gasteiger partial charge in [0.2, 0.25) is 0 Å². The van der Waals surface area contributed by atoms with Crippen molar-refractivity contribution in [3.63, 3.8) is 0 Å². The molecule has 0 aliphatic rings. The molecule has 0 radical (unpaired) electrons. The fraction of sp³-hybridized carbons (Fsp3) is 0.0435. The van der Waals surface area contributed by atoms with Crippen LogP contribution in [-0.2, 0) is 0 Å². The minimum Gasteiger partial charge on any atom is -0.508 e. The average molecular weight is 402 g/mol. The number of aromatic hydroxyl groups is 1. The predicted molar refractivity (Wildman–Crippen MR) is 116 cm³/mol. The van der Waals surface area contributed by atoms with Gasteiger partial charge in [0.05, 0.1) is 12.8 Å². The van der Waals surface area contributed by atoms with Crippen molar-refractivity contribution in [3.05, 3.63) is 83.7 Å². The summed E-state index contributed by atoms with van der Waals surface area (Å²) in [5.41, 5.74) is 2.86. The zero-order valence-corrected chi connectivity index (χ0v) is 16.4. The number of phenols is 1. The van der Waals surface area contributed by atoms with Gasteiger partial charge in [-0.05, 0) is 24.3 Å². The number of nitrogens with one attached hydrogen (secondary N) is 1. The third-order valence-electron chi connectivity index (χ3n) is 4.30. The van der Waals surface area contributed by atoms with Gasteiger partial charge in [-0.25, -0.2) is 4.98 Å². The smallest absolute Gasteiger partial charge is 0.268 e. The Morgan fingerprint density at radius 3 is 2.48 bits per heavy atom. The first kappa shape index (κ1) is 18.7. The Labute approximate surface area is 172 Å². The Hall–Kier alpha value is -3.64. The van der Waals surface area contributed by atoms with Gasteiger partial charge in [-0.3, -0.25) is 4.79 Å². The van der Waals surface area contributed by atoms with E-state index in [9.17, 15) is 9.90 Å². The van der Waals surface area contributed by atoms with Crippen molar-refractivity contribution >= 4 is 22.9 Å². The number of methoxy groups -OCH3 is 1. The van der Waals surface area contributed by atoms with Crippen molar-refractivity contribution in [2.45, 2.75) is 0 Å². The second kappa shape index (κ2) is 8.16. The highest BCUT2D eigenvalue weighted by Gasteiger charge is 2.20. The second-order valence-corrected chi connectivity index (χ2v) is 7.30. The molecule has 4 rings (SSSR count). The normalized spacial score (nSPS) is 10.5. The molecule has 0 unspecified atom stereocenters. The molecule has 4 aromatic rings. The largest absolute Gasteiger partial charge is 0.508 e. The molecule has 1 amide bonds. The number of anilines is 1. The summed E-state index contributed by atoms with van der Waals surface area (Å²) in [5, 5.41) is 13.4. The molecule has 144 valence electrons. The van der Waals surface area contributed by atoms with E-state index in [4.69, 9.17) is 9.72 Å². The molecule has 3 aromatic carbocycles. The summed E-state index contributed by atoms with van der Waals surface area (Å²) in [6.07, 6.45) is 0. The minimum atomic E-state index is -0.249. The molecule has 6 heteroatoms. The summed E-state index contributed by atoms with van der Waals surface area (Å²) in [5.74, 6) is 0.568. The molecule has 0 bridgehead atoms. The van der Waals surface area contributed by atoms with Gasteiger partial charge in [0.1, 0.15) is 21.4 Å². The van der Waals surface area contributed by atoms with E-state index in [1.54, 1.807) is 37.4 Å². The van der Waals surface area contributed by atoms with Gasteiger partial charge in [-0.1, -0.05) is 48.5 Å². The van der Waals surface area contributed by atoms with Crippen LogP contribution in [0.2, 0.25) is 0 Å². The molecule has 1 heterocycles. The number of nitrogens with zero attached hydrogens (tertiary/aromatic N) is 1. The van der Waals surface area contributed by atoms with Gasteiger partial charge in [0, 0.05) is 22.9 Å². The predicted octanol–water partition coefficient (Wildman–Crippen LogP) is 5.44. The first-order chi connectivity index (χ1) is 14.1. The number of thiazole rings is 1. The van der Waals surface area contributed by atoms with Crippen LogP contribution in [0.15, 0.2) is 78.9 Å². The second-order valence-electron chi connectivity index (χ2n) is 6.30. The maximum absolute atomic E-state index is 13.1. The molecule has 1 aromatic heterocycles. The quantitative estimate of drug-likeness (QED) is 0.466. The Morgan fingerprint density at radius 1 is 0.966 bits per heavy atom. The van der Waals surface area contributed by atoms with E-state index < -0.39 is 0 Å². The third-order valence-corrected chi connectivity index (χ3v) is 5.40. The highest BCUT2D eigenvalue weighted by Crippen LogP contribution is 2.35. The number of aromatic nitrogens is 1. The number of hydrogen-bond acceptors (Lipinski definition) is 5. The lowest BCUT2D eigenvalue weighted by atomic mass is 10.1. The summed E-state index contributed by atoms with van der Waals surface area (Å²) >= 11 is 1.29. The van der Waals surface area contributed by atoms with Gasteiger partial charge < -0.3 is 15.2 Å². The number of carbonyl (C=O) groups is 1. The van der Waals surface area contributed by atoms with Gasteiger partial charge in [0.15, 0.2) is 0 Å². The lowest BCUT2D eigenvalue weighted by molar-refractivity contribution is 0.103. The van der Waals surface area contributed by atoms with Crippen molar-refractivity contribution < 1.29 is 14.6 Å². The van der Waals surface area contributed by atoms with Crippen molar-refractivity contribution in [2.24, 2.45) is 0 Å². The van der Waals surface area contributed by atoms with Crippen molar-refractivity contribution in [1.82, 2.24) is 4.98 Å². The van der Waals surface area contributed by atoms with Crippen molar-refractivity contribution in [3.8, 4) is 33.3 Å². The number of benzene rings is 3. The molecule has 0 saturated heterocycles. The summed E-state index contributed by atoms with van der Waals surface area (Å²) in [4.78, 5) is 18.3. The van der Waals surface area contributed by atoms with Crippen LogP contribution in [0.3, 0.4) is 0 Å².